The van der Waals surface area contributed by atoms with Gasteiger partial charge in [-0.1, -0.05) is 48.5 Å². The summed E-state index contributed by atoms with van der Waals surface area (Å²) in [6.07, 6.45) is 2.49. The molecule has 0 spiro atoms. The molecule has 0 aliphatic carbocycles. The van der Waals surface area contributed by atoms with E-state index in [0.29, 0.717) is 12.0 Å². The van der Waals surface area contributed by atoms with Gasteiger partial charge in [-0.25, -0.2) is 0 Å². The molecule has 1 atom stereocenters. The van der Waals surface area contributed by atoms with E-state index < -0.39 is 0 Å². The number of nitrogens with zero attached hydrogens (tertiary/aromatic N) is 2. The van der Waals surface area contributed by atoms with Crippen LogP contribution in [0, 0.1) is 0 Å². The number of hydrogen-bond acceptors (Lipinski definition) is 3. The third-order valence-electron chi connectivity index (χ3n) is 4.93. The average Bonchev–Trinajstić information content (AvgIpc) is 3.26. The fraction of sp³-hybridized carbons (Fsp3) is 0.364. The largest absolute Gasteiger partial charge is 0.354 e. The Morgan fingerprint density at radius 2 is 1.62 bits per heavy atom. The zero-order chi connectivity index (χ0) is 19.6. The van der Waals surface area contributed by atoms with E-state index in [-0.39, 0.29) is 36.4 Å². The molecule has 1 unspecified atom stereocenters. The first-order chi connectivity index (χ1) is 13.8. The fourth-order valence-corrected chi connectivity index (χ4v) is 3.49. The zero-order valence-corrected chi connectivity index (χ0v) is 19.1. The monoisotopic (exact) mass is 507 g/mol. The molecular weight excluding hydrogens is 477 g/mol. The summed E-state index contributed by atoms with van der Waals surface area (Å²) in [5.74, 6) is 0.525. The first-order valence-corrected chi connectivity index (χ1v) is 9.84. The van der Waals surface area contributed by atoms with Gasteiger partial charge < -0.3 is 16.0 Å². The standard InChI is InChI=1S/C22H29N5O.HI/c1-23-22(25-17-21(28)26-19-12-6-3-7-13-19)24-16-20(27-14-8-9-15-27)18-10-4-2-5-11-18;/h2-7,10-13,20H,8-9,14-17H2,1H3,(H,26,28)(H2,23,24,25);1H. The summed E-state index contributed by atoms with van der Waals surface area (Å²) in [7, 11) is 1.72. The van der Waals surface area contributed by atoms with Gasteiger partial charge in [0.05, 0.1) is 12.6 Å². The highest BCUT2D eigenvalue weighted by molar-refractivity contribution is 14.0. The summed E-state index contributed by atoms with van der Waals surface area (Å²) in [6.45, 7) is 3.14. The molecule has 0 aromatic heterocycles. The predicted molar refractivity (Wildman–Crippen MR) is 130 cm³/mol. The number of halogens is 1. The van der Waals surface area contributed by atoms with Crippen molar-refractivity contribution in [3.8, 4) is 0 Å². The van der Waals surface area contributed by atoms with E-state index in [0.717, 1.165) is 25.3 Å². The van der Waals surface area contributed by atoms with Crippen LogP contribution in [0.15, 0.2) is 65.7 Å². The topological polar surface area (TPSA) is 68.8 Å². The predicted octanol–water partition coefficient (Wildman–Crippen LogP) is 3.25. The molecule has 0 saturated carbocycles. The quantitative estimate of drug-likeness (QED) is 0.306. The van der Waals surface area contributed by atoms with Crippen molar-refractivity contribution in [3.05, 3.63) is 66.2 Å². The second-order valence-electron chi connectivity index (χ2n) is 6.89. The van der Waals surface area contributed by atoms with E-state index in [1.807, 2.05) is 36.4 Å². The van der Waals surface area contributed by atoms with Gasteiger partial charge in [0.15, 0.2) is 5.96 Å². The van der Waals surface area contributed by atoms with Crippen LogP contribution in [0.4, 0.5) is 5.69 Å². The van der Waals surface area contributed by atoms with E-state index in [1.165, 1.54) is 18.4 Å². The first kappa shape index (κ1) is 23.2. The van der Waals surface area contributed by atoms with E-state index in [1.54, 1.807) is 7.05 Å². The van der Waals surface area contributed by atoms with E-state index in [4.69, 9.17) is 0 Å². The van der Waals surface area contributed by atoms with Gasteiger partial charge in [-0.05, 0) is 43.6 Å². The van der Waals surface area contributed by atoms with Crippen LogP contribution in [-0.4, -0.2) is 50.0 Å². The molecule has 3 N–H and O–H groups in total. The molecule has 1 heterocycles. The third kappa shape index (κ3) is 7.32. The number of rotatable bonds is 7. The summed E-state index contributed by atoms with van der Waals surface area (Å²) >= 11 is 0. The van der Waals surface area contributed by atoms with E-state index in [9.17, 15) is 4.79 Å². The van der Waals surface area contributed by atoms with Crippen molar-refractivity contribution in [2.24, 2.45) is 4.99 Å². The van der Waals surface area contributed by atoms with Gasteiger partial charge in [-0.2, -0.15) is 0 Å². The fourth-order valence-electron chi connectivity index (χ4n) is 3.49. The van der Waals surface area contributed by atoms with Crippen LogP contribution in [0.2, 0.25) is 0 Å². The summed E-state index contributed by atoms with van der Waals surface area (Å²) in [5.41, 5.74) is 2.09. The summed E-state index contributed by atoms with van der Waals surface area (Å²) < 4.78 is 0. The van der Waals surface area contributed by atoms with Crippen LogP contribution in [0.25, 0.3) is 0 Å². The lowest BCUT2D eigenvalue weighted by Crippen LogP contribution is -2.44. The first-order valence-electron chi connectivity index (χ1n) is 9.84. The van der Waals surface area contributed by atoms with E-state index >= 15 is 0 Å². The second kappa shape index (κ2) is 12.4. The lowest BCUT2D eigenvalue weighted by molar-refractivity contribution is -0.115. The maximum atomic E-state index is 12.1. The molecule has 3 rings (SSSR count). The molecule has 2 aromatic carbocycles. The zero-order valence-electron chi connectivity index (χ0n) is 16.8. The van der Waals surface area contributed by atoms with Gasteiger partial charge in [0.2, 0.25) is 5.91 Å². The van der Waals surface area contributed by atoms with Crippen LogP contribution >= 0.6 is 24.0 Å². The molecule has 0 radical (unpaired) electrons. The lowest BCUT2D eigenvalue weighted by Gasteiger charge is -2.28. The van der Waals surface area contributed by atoms with Crippen LogP contribution in [-0.2, 0) is 4.79 Å². The normalized spacial score (nSPS) is 15.3. The number of nitrogens with one attached hydrogen (secondary N) is 3. The van der Waals surface area contributed by atoms with Gasteiger partial charge in [0.25, 0.3) is 0 Å². The number of para-hydroxylation sites is 1. The summed E-state index contributed by atoms with van der Waals surface area (Å²) in [5, 5.41) is 9.34. The number of benzene rings is 2. The van der Waals surface area contributed by atoms with Crippen molar-refractivity contribution in [2.75, 3.05) is 38.5 Å². The van der Waals surface area contributed by atoms with Gasteiger partial charge in [0, 0.05) is 19.3 Å². The van der Waals surface area contributed by atoms with Crippen LogP contribution in [0.3, 0.4) is 0 Å². The third-order valence-corrected chi connectivity index (χ3v) is 4.93. The molecule has 29 heavy (non-hydrogen) atoms. The van der Waals surface area contributed by atoms with Crippen LogP contribution < -0.4 is 16.0 Å². The molecule has 1 aliphatic rings. The molecule has 1 fully saturated rings. The molecule has 2 aromatic rings. The minimum Gasteiger partial charge on any atom is -0.354 e. The highest BCUT2D eigenvalue weighted by Gasteiger charge is 2.23. The maximum Gasteiger partial charge on any atom is 0.243 e. The lowest BCUT2D eigenvalue weighted by atomic mass is 10.1. The number of anilines is 1. The van der Waals surface area contributed by atoms with E-state index in [2.05, 4.69) is 50.1 Å². The summed E-state index contributed by atoms with van der Waals surface area (Å²) in [4.78, 5) is 18.9. The van der Waals surface area contributed by atoms with Crippen molar-refractivity contribution < 1.29 is 4.79 Å². The van der Waals surface area contributed by atoms with Crippen molar-refractivity contribution in [1.82, 2.24) is 15.5 Å². The number of guanidine groups is 1. The molecule has 7 heteroatoms. The van der Waals surface area contributed by atoms with Crippen molar-refractivity contribution in [1.29, 1.82) is 0 Å². The van der Waals surface area contributed by atoms with Gasteiger partial charge >= 0.3 is 0 Å². The Labute approximate surface area is 190 Å². The van der Waals surface area contributed by atoms with Crippen molar-refractivity contribution in [3.63, 3.8) is 0 Å². The molecule has 0 bridgehead atoms. The number of aliphatic imine (C=N–C) groups is 1. The Morgan fingerprint density at radius 3 is 2.24 bits per heavy atom. The Kier molecular flexibility index (Phi) is 9.93. The number of carbonyl (C=O) groups excluding carboxylic acids is 1. The number of amides is 1. The molecule has 1 saturated heterocycles. The Bertz CT molecular complexity index is 763. The minimum atomic E-state index is -0.103. The highest BCUT2D eigenvalue weighted by Crippen LogP contribution is 2.24. The minimum absolute atomic E-state index is 0. The summed E-state index contributed by atoms with van der Waals surface area (Å²) in [6, 6.07) is 20.3. The van der Waals surface area contributed by atoms with Crippen molar-refractivity contribution >= 4 is 41.5 Å². The van der Waals surface area contributed by atoms with Gasteiger partial charge in [0.1, 0.15) is 0 Å². The molecule has 1 aliphatic heterocycles. The Morgan fingerprint density at radius 1 is 1.00 bits per heavy atom. The molecule has 1 amide bonds. The van der Waals surface area contributed by atoms with Crippen LogP contribution in [0.1, 0.15) is 24.4 Å². The second-order valence-corrected chi connectivity index (χ2v) is 6.89. The smallest absolute Gasteiger partial charge is 0.243 e. The van der Waals surface area contributed by atoms with Crippen molar-refractivity contribution in [2.45, 2.75) is 18.9 Å². The SMILES string of the molecule is CN=C(NCC(=O)Nc1ccccc1)NCC(c1ccccc1)N1CCCC1.I. The maximum absolute atomic E-state index is 12.1. The molecular formula is C22H30IN5O. The van der Waals surface area contributed by atoms with Crippen LogP contribution in [0.5, 0.6) is 0 Å². The van der Waals surface area contributed by atoms with Gasteiger partial charge in [-0.15, -0.1) is 24.0 Å². The van der Waals surface area contributed by atoms with Gasteiger partial charge in [-0.3, -0.25) is 14.7 Å². The molecule has 156 valence electrons. The average molecular weight is 507 g/mol. The highest BCUT2D eigenvalue weighted by atomic mass is 127. The molecule has 6 nitrogen and oxygen atoms in total. The Balaban J connectivity index is 0.00000300. The Hall–Kier alpha value is -2.13. The number of carbonyl (C=O) groups is 1. The number of hydrogen-bond donors (Lipinski definition) is 3. The number of likely N-dealkylation sites (tertiary alicyclic amines) is 1.